The van der Waals surface area contributed by atoms with Gasteiger partial charge in [-0.05, 0) is 0 Å². The average molecular weight is 215 g/mol. The minimum absolute atomic E-state index is 0.657. The van der Waals surface area contributed by atoms with Crippen LogP contribution < -0.4 is 4.68 Å². The van der Waals surface area contributed by atoms with Gasteiger partial charge in [0.15, 0.2) is 13.2 Å². The molecule has 0 aliphatic rings. The molecule has 62 valence electrons. The van der Waals surface area contributed by atoms with Gasteiger partial charge in [-0.3, -0.25) is 0 Å². The van der Waals surface area contributed by atoms with Crippen molar-refractivity contribution in [1.82, 2.24) is 4.68 Å². The summed E-state index contributed by atoms with van der Waals surface area (Å²) < 4.78 is 2.26. The molecule has 1 heterocycles. The van der Waals surface area contributed by atoms with E-state index in [2.05, 4.69) is 0 Å². The van der Waals surface area contributed by atoms with Crippen molar-refractivity contribution in [3.63, 3.8) is 0 Å². The predicted octanol–water partition coefficient (Wildman–Crippen LogP) is 1.68. The molecule has 0 aliphatic heterocycles. The molecule has 0 aliphatic carbocycles. The maximum atomic E-state index is 5.67. The molecule has 0 N–H and O–H groups in total. The first-order chi connectivity index (χ1) is 4.93. The lowest BCUT2D eigenvalue weighted by molar-refractivity contribution is -0.751. The van der Waals surface area contributed by atoms with Crippen molar-refractivity contribution in [3.05, 3.63) is 18.0 Å². The van der Waals surface area contributed by atoms with E-state index >= 15 is 0 Å². The first-order valence-corrected chi connectivity index (χ1v) is 4.15. The fraction of sp³-hybridized carbons (Fsp3) is 0.500. The Hall–Kier alpha value is 0.0800. The van der Waals surface area contributed by atoms with E-state index in [0.29, 0.717) is 5.69 Å². The van der Waals surface area contributed by atoms with E-state index in [1.165, 1.54) is 0 Å². The van der Waals surface area contributed by atoms with Crippen LogP contribution in [-0.4, -0.2) is 4.68 Å². The molecule has 0 fully saturated rings. The Morgan fingerprint density at radius 2 is 2.00 bits per heavy atom. The molecule has 1 aromatic heterocycles. The Morgan fingerprint density at radius 3 is 2.18 bits per heavy atom. The summed E-state index contributed by atoms with van der Waals surface area (Å²) in [7, 11) is 3.71. The van der Waals surface area contributed by atoms with Crippen molar-refractivity contribution in [3.8, 4) is 0 Å². The summed E-state index contributed by atoms with van der Waals surface area (Å²) in [5.41, 5.74) is 0.657. The number of nitrogens with zero attached hydrogens (tertiary/aromatic N) is 2. The highest BCUT2D eigenvalue weighted by atomic mass is 35.6. The molecule has 0 amide bonds. The third kappa shape index (κ3) is 1.81. The molecule has 2 nitrogen and oxygen atoms in total. The Labute approximate surface area is 80.3 Å². The topological polar surface area (TPSA) is 8.81 Å². The quantitative estimate of drug-likeness (QED) is 0.459. The lowest BCUT2D eigenvalue weighted by Crippen LogP contribution is -2.38. The molecule has 5 heteroatoms. The van der Waals surface area contributed by atoms with Gasteiger partial charge in [0.2, 0.25) is 3.79 Å². The Bertz CT molecular complexity index is 261. The summed E-state index contributed by atoms with van der Waals surface area (Å²) >= 11 is 17.0. The number of rotatable bonds is 0. The fourth-order valence-corrected chi connectivity index (χ4v) is 1.39. The highest BCUT2D eigenvalue weighted by molar-refractivity contribution is 6.66. The standard InChI is InChI=1S/C6H8Cl3N2/c1-10-4-3-5(11(10)2)6(7,8)9/h3-4H,1-2H3/q+1. The Balaban J connectivity index is 3.15. The van der Waals surface area contributed by atoms with Crippen LogP contribution in [0.5, 0.6) is 0 Å². The van der Waals surface area contributed by atoms with Gasteiger partial charge in [-0.2, -0.15) is 4.68 Å². The van der Waals surface area contributed by atoms with Crippen LogP contribution >= 0.6 is 34.8 Å². The molecule has 0 unspecified atom stereocenters. The van der Waals surface area contributed by atoms with Crippen LogP contribution in [0.3, 0.4) is 0 Å². The van der Waals surface area contributed by atoms with Crippen LogP contribution in [0.25, 0.3) is 0 Å². The molecule has 1 aromatic rings. The summed E-state index contributed by atoms with van der Waals surface area (Å²) in [4.78, 5) is 0. The highest BCUT2D eigenvalue weighted by Gasteiger charge is 2.29. The highest BCUT2D eigenvalue weighted by Crippen LogP contribution is 2.36. The van der Waals surface area contributed by atoms with Crippen LogP contribution in [0.1, 0.15) is 5.69 Å². The van der Waals surface area contributed by atoms with Gasteiger partial charge in [0, 0.05) is 6.07 Å². The number of alkyl halides is 3. The van der Waals surface area contributed by atoms with E-state index in [9.17, 15) is 0 Å². The largest absolute Gasteiger partial charge is 0.236 e. The molecule has 0 radical (unpaired) electrons. The van der Waals surface area contributed by atoms with Crippen molar-refractivity contribution in [1.29, 1.82) is 0 Å². The van der Waals surface area contributed by atoms with Gasteiger partial charge in [-0.15, -0.1) is 4.68 Å². The van der Waals surface area contributed by atoms with Crippen LogP contribution in [0, 0.1) is 0 Å². The Morgan fingerprint density at radius 1 is 1.45 bits per heavy atom. The summed E-state index contributed by atoms with van der Waals surface area (Å²) in [6.45, 7) is 0. The predicted molar refractivity (Wildman–Crippen MR) is 45.8 cm³/mol. The maximum absolute atomic E-state index is 5.67. The number of aryl methyl sites for hydroxylation is 1. The van der Waals surface area contributed by atoms with Crippen molar-refractivity contribution in [2.24, 2.45) is 14.1 Å². The molecule has 1 rings (SSSR count). The second-order valence-corrected chi connectivity index (χ2v) is 4.58. The molecule has 0 saturated heterocycles. The molecular formula is C6H8Cl3N2+. The first-order valence-electron chi connectivity index (χ1n) is 3.02. The summed E-state index contributed by atoms with van der Waals surface area (Å²) in [5.74, 6) is 0. The normalized spacial score (nSPS) is 12.1. The third-order valence-corrected chi connectivity index (χ3v) is 2.14. The zero-order valence-corrected chi connectivity index (χ0v) is 8.45. The van der Waals surface area contributed by atoms with Gasteiger partial charge in [-0.25, -0.2) is 0 Å². The summed E-state index contributed by atoms with van der Waals surface area (Å²) in [6.07, 6.45) is 1.83. The zero-order chi connectivity index (χ0) is 8.65. The van der Waals surface area contributed by atoms with Crippen LogP contribution in [0.15, 0.2) is 12.3 Å². The summed E-state index contributed by atoms with van der Waals surface area (Å²) in [5, 5.41) is 0. The van der Waals surface area contributed by atoms with Gasteiger partial charge in [0.05, 0.1) is 7.05 Å². The monoisotopic (exact) mass is 213 g/mol. The molecule has 0 spiro atoms. The number of aromatic nitrogens is 2. The van der Waals surface area contributed by atoms with E-state index in [-0.39, 0.29) is 0 Å². The lowest BCUT2D eigenvalue weighted by atomic mass is 10.5. The maximum Gasteiger partial charge on any atom is 0.236 e. The smallest absolute Gasteiger partial charge is 0.157 e. The number of hydrogen-bond donors (Lipinski definition) is 0. The first kappa shape index (κ1) is 9.17. The van der Waals surface area contributed by atoms with Crippen LogP contribution in [0.4, 0.5) is 0 Å². The number of halogens is 3. The van der Waals surface area contributed by atoms with E-state index in [4.69, 9.17) is 34.8 Å². The van der Waals surface area contributed by atoms with Gasteiger partial charge in [0.25, 0.3) is 0 Å². The second kappa shape index (κ2) is 2.85. The molecular weight excluding hydrogens is 206 g/mol. The van der Waals surface area contributed by atoms with Crippen molar-refractivity contribution < 1.29 is 4.68 Å². The van der Waals surface area contributed by atoms with E-state index in [0.717, 1.165) is 0 Å². The van der Waals surface area contributed by atoms with Crippen molar-refractivity contribution in [2.45, 2.75) is 3.79 Å². The Kier molecular flexibility index (Phi) is 2.37. The molecule has 0 atom stereocenters. The molecule has 0 saturated carbocycles. The molecule has 0 bridgehead atoms. The minimum atomic E-state index is -1.34. The minimum Gasteiger partial charge on any atom is -0.157 e. The van der Waals surface area contributed by atoms with E-state index in [1.54, 1.807) is 10.7 Å². The van der Waals surface area contributed by atoms with E-state index < -0.39 is 3.79 Å². The van der Waals surface area contributed by atoms with Gasteiger partial charge < -0.3 is 0 Å². The number of hydrogen-bond acceptors (Lipinski definition) is 0. The second-order valence-electron chi connectivity index (χ2n) is 2.30. The fourth-order valence-electron chi connectivity index (χ4n) is 0.834. The van der Waals surface area contributed by atoms with Crippen LogP contribution in [0.2, 0.25) is 0 Å². The van der Waals surface area contributed by atoms with Crippen molar-refractivity contribution >= 4 is 34.8 Å². The average Bonchev–Trinajstić information content (AvgIpc) is 2.11. The summed E-state index contributed by atoms with van der Waals surface area (Å²) in [6, 6.07) is 1.77. The van der Waals surface area contributed by atoms with Gasteiger partial charge in [-0.1, -0.05) is 34.8 Å². The molecule has 0 aromatic carbocycles. The zero-order valence-electron chi connectivity index (χ0n) is 6.18. The van der Waals surface area contributed by atoms with Crippen molar-refractivity contribution in [2.75, 3.05) is 0 Å². The third-order valence-electron chi connectivity index (χ3n) is 1.56. The van der Waals surface area contributed by atoms with E-state index in [1.807, 2.05) is 25.0 Å². The van der Waals surface area contributed by atoms with Crippen LogP contribution in [-0.2, 0) is 17.9 Å². The lowest BCUT2D eigenvalue weighted by Gasteiger charge is -2.07. The molecule has 11 heavy (non-hydrogen) atoms. The SMILES string of the molecule is Cn1c(C(Cl)(Cl)Cl)cc[n+]1C. The van der Waals surface area contributed by atoms with Gasteiger partial charge >= 0.3 is 0 Å². The van der Waals surface area contributed by atoms with Gasteiger partial charge in [0.1, 0.15) is 5.69 Å².